The maximum atomic E-state index is 10.2. The van der Waals surface area contributed by atoms with Crippen LogP contribution in [-0.2, 0) is 5.41 Å². The first-order valence-electron chi connectivity index (χ1n) is 10.6. The van der Waals surface area contributed by atoms with Crippen molar-refractivity contribution in [2.75, 3.05) is 0 Å². The number of halogens is 4. The summed E-state index contributed by atoms with van der Waals surface area (Å²) in [5, 5.41) is 20.5. The van der Waals surface area contributed by atoms with Crippen LogP contribution >= 0.6 is 63.7 Å². The van der Waals surface area contributed by atoms with E-state index in [4.69, 9.17) is 9.47 Å². The van der Waals surface area contributed by atoms with Gasteiger partial charge in [0.25, 0.3) is 0 Å². The summed E-state index contributed by atoms with van der Waals surface area (Å²) in [7, 11) is 0. The minimum Gasteiger partial charge on any atom is -0.485 e. The zero-order valence-corrected chi connectivity index (χ0v) is 26.5. The highest BCUT2D eigenvalue weighted by Crippen LogP contribution is 2.44. The molecule has 33 heavy (non-hydrogen) atoms. The fraction of sp³-hybridized carbons (Fsp3) is 0.520. The Kier molecular flexibility index (Phi) is 9.24. The first-order valence-corrected chi connectivity index (χ1v) is 13.8. The maximum Gasteiger partial charge on any atom is 0.148 e. The van der Waals surface area contributed by atoms with E-state index in [1.165, 1.54) is 0 Å². The van der Waals surface area contributed by atoms with Gasteiger partial charge in [0.15, 0.2) is 0 Å². The zero-order chi connectivity index (χ0) is 25.5. The van der Waals surface area contributed by atoms with Crippen LogP contribution in [0, 0.1) is 0 Å². The lowest BCUT2D eigenvalue weighted by Crippen LogP contribution is -2.38. The van der Waals surface area contributed by atoms with Gasteiger partial charge >= 0.3 is 0 Å². The van der Waals surface area contributed by atoms with E-state index in [1.807, 2.05) is 38.1 Å². The van der Waals surface area contributed by atoms with Crippen molar-refractivity contribution in [3.63, 3.8) is 0 Å². The summed E-state index contributed by atoms with van der Waals surface area (Å²) in [6, 6.07) is 8.17. The third-order valence-corrected chi connectivity index (χ3v) is 8.38. The monoisotopic (exact) mass is 712 g/mol. The van der Waals surface area contributed by atoms with Crippen molar-refractivity contribution in [3.05, 3.63) is 53.3 Å². The average Bonchev–Trinajstić information content (AvgIpc) is 2.65. The highest BCUT2D eigenvalue weighted by atomic mass is 79.9. The van der Waals surface area contributed by atoms with E-state index in [2.05, 4.69) is 77.6 Å². The van der Waals surface area contributed by atoms with Crippen molar-refractivity contribution in [1.82, 2.24) is 0 Å². The average molecular weight is 716 g/mol. The maximum absolute atomic E-state index is 10.2. The van der Waals surface area contributed by atoms with Crippen LogP contribution in [0.15, 0.2) is 42.2 Å². The Morgan fingerprint density at radius 3 is 1.06 bits per heavy atom. The van der Waals surface area contributed by atoms with E-state index in [0.29, 0.717) is 11.5 Å². The molecule has 0 aromatic heterocycles. The van der Waals surface area contributed by atoms with Crippen molar-refractivity contribution in [1.29, 1.82) is 0 Å². The molecule has 0 saturated carbocycles. The highest BCUT2D eigenvalue weighted by Gasteiger charge is 2.31. The van der Waals surface area contributed by atoms with Crippen molar-refractivity contribution in [2.24, 2.45) is 0 Å². The van der Waals surface area contributed by atoms with Crippen LogP contribution in [0.4, 0.5) is 0 Å². The molecular weight excluding hydrogens is 684 g/mol. The molecule has 0 aliphatic carbocycles. The minimum absolute atomic E-state index is 0.350. The SMILES string of the molecule is CC(Oc1c(Br)cc(C(C)(C)c2cc(Br)c(OC(C)C(C)(C)O)c(Br)c2)cc1Br)C(C)(C)O. The van der Waals surface area contributed by atoms with Gasteiger partial charge in [-0.05, 0) is 141 Å². The molecule has 0 bridgehead atoms. The van der Waals surface area contributed by atoms with E-state index in [0.717, 1.165) is 29.0 Å². The van der Waals surface area contributed by atoms with Gasteiger partial charge in [0, 0.05) is 5.41 Å². The summed E-state index contributed by atoms with van der Waals surface area (Å²) in [6.07, 6.45) is -0.788. The normalized spacial score (nSPS) is 14.7. The Morgan fingerprint density at radius 1 is 0.606 bits per heavy atom. The van der Waals surface area contributed by atoms with E-state index < -0.39 is 23.4 Å². The van der Waals surface area contributed by atoms with Gasteiger partial charge in [0.05, 0.1) is 29.1 Å². The summed E-state index contributed by atoms with van der Waals surface area (Å²) in [5.74, 6) is 1.30. The molecule has 2 rings (SSSR count). The fourth-order valence-electron chi connectivity index (χ4n) is 2.88. The molecule has 4 nitrogen and oxygen atoms in total. The Bertz CT molecular complexity index is 881. The summed E-state index contributed by atoms with van der Waals surface area (Å²) < 4.78 is 15.3. The van der Waals surface area contributed by atoms with Crippen LogP contribution in [0.2, 0.25) is 0 Å². The first kappa shape index (κ1) is 29.1. The van der Waals surface area contributed by atoms with Gasteiger partial charge in [0.1, 0.15) is 23.7 Å². The van der Waals surface area contributed by atoms with Gasteiger partial charge in [-0.2, -0.15) is 0 Å². The standard InChI is InChI=1S/C25H32Br4O4/c1-13(24(5,6)30)32-21-17(26)9-15(10-18(21)27)23(3,4)16-11-19(28)22(20(29)12-16)33-14(2)25(7,8)31/h9-14,30-31H,1-8H3. The summed E-state index contributed by atoms with van der Waals surface area (Å²) >= 11 is 14.6. The smallest absolute Gasteiger partial charge is 0.148 e. The van der Waals surface area contributed by atoms with Crippen molar-refractivity contribution in [3.8, 4) is 11.5 Å². The van der Waals surface area contributed by atoms with Gasteiger partial charge in [-0.1, -0.05) is 13.8 Å². The van der Waals surface area contributed by atoms with Crippen LogP contribution in [-0.4, -0.2) is 33.6 Å². The molecule has 0 aliphatic rings. The molecular formula is C25H32Br4O4. The molecule has 2 unspecified atom stereocenters. The third kappa shape index (κ3) is 6.98. The van der Waals surface area contributed by atoms with Crippen molar-refractivity contribution >= 4 is 63.7 Å². The van der Waals surface area contributed by atoms with Gasteiger partial charge in [0.2, 0.25) is 0 Å². The quantitative estimate of drug-likeness (QED) is 0.290. The molecule has 0 radical (unpaired) electrons. The predicted molar refractivity (Wildman–Crippen MR) is 149 cm³/mol. The third-order valence-electron chi connectivity index (χ3n) is 6.02. The Balaban J connectivity index is 2.44. The lowest BCUT2D eigenvalue weighted by atomic mass is 9.78. The Hall–Kier alpha value is -0.120. The molecule has 0 aliphatic heterocycles. The molecule has 2 N–H and O–H groups in total. The van der Waals surface area contributed by atoms with E-state index in [1.54, 1.807) is 27.7 Å². The number of rotatable bonds is 8. The largest absolute Gasteiger partial charge is 0.485 e. The first-order chi connectivity index (χ1) is 14.9. The van der Waals surface area contributed by atoms with Gasteiger partial charge in [-0.25, -0.2) is 0 Å². The Labute approximate surface area is 231 Å². The number of ether oxygens (including phenoxy) is 2. The molecule has 2 aromatic carbocycles. The van der Waals surface area contributed by atoms with Crippen molar-refractivity contribution < 1.29 is 19.7 Å². The second-order valence-corrected chi connectivity index (χ2v) is 13.4. The topological polar surface area (TPSA) is 58.9 Å². The second-order valence-electron chi connectivity index (χ2n) is 9.99. The summed E-state index contributed by atoms with van der Waals surface area (Å²) in [5.41, 5.74) is -0.149. The minimum atomic E-state index is -0.970. The number of hydrogen-bond acceptors (Lipinski definition) is 4. The number of benzene rings is 2. The molecule has 0 fully saturated rings. The van der Waals surface area contributed by atoms with E-state index >= 15 is 0 Å². The number of hydrogen-bond donors (Lipinski definition) is 2. The zero-order valence-electron chi connectivity index (χ0n) is 20.2. The molecule has 0 heterocycles. The fourth-order valence-corrected chi connectivity index (χ4v) is 5.62. The predicted octanol–water partition coefficient (Wildman–Crippen LogP) is 8.14. The van der Waals surface area contributed by atoms with Gasteiger partial charge in [-0.15, -0.1) is 0 Å². The molecule has 184 valence electrons. The van der Waals surface area contributed by atoms with Crippen LogP contribution in [0.3, 0.4) is 0 Å². The Morgan fingerprint density at radius 2 is 0.848 bits per heavy atom. The summed E-state index contributed by atoms with van der Waals surface area (Å²) in [4.78, 5) is 0. The van der Waals surface area contributed by atoms with Crippen LogP contribution in [0.25, 0.3) is 0 Å². The van der Waals surface area contributed by atoms with E-state index in [-0.39, 0.29) is 5.41 Å². The van der Waals surface area contributed by atoms with Crippen molar-refractivity contribution in [2.45, 2.75) is 84.2 Å². The molecule has 0 spiro atoms. The molecule has 0 amide bonds. The lowest BCUT2D eigenvalue weighted by Gasteiger charge is -2.31. The summed E-state index contributed by atoms with van der Waals surface area (Å²) in [6.45, 7) is 14.9. The van der Waals surface area contributed by atoms with E-state index in [9.17, 15) is 10.2 Å². The molecule has 8 heteroatoms. The number of aliphatic hydroxyl groups is 2. The van der Waals surface area contributed by atoms with Crippen LogP contribution in [0.1, 0.15) is 66.5 Å². The molecule has 0 saturated heterocycles. The second kappa shape index (κ2) is 10.5. The van der Waals surface area contributed by atoms with Gasteiger partial charge < -0.3 is 19.7 Å². The highest BCUT2D eigenvalue weighted by molar-refractivity contribution is 9.11. The van der Waals surface area contributed by atoms with Crippen LogP contribution < -0.4 is 9.47 Å². The lowest BCUT2D eigenvalue weighted by molar-refractivity contribution is -0.0248. The molecule has 2 atom stereocenters. The van der Waals surface area contributed by atoms with Gasteiger partial charge in [-0.3, -0.25) is 0 Å². The van der Waals surface area contributed by atoms with Crippen LogP contribution in [0.5, 0.6) is 11.5 Å². The molecule has 2 aromatic rings.